The van der Waals surface area contributed by atoms with Crippen molar-refractivity contribution in [2.24, 2.45) is 5.92 Å². The summed E-state index contributed by atoms with van der Waals surface area (Å²) >= 11 is 0. The Kier molecular flexibility index (Phi) is 8.91. The number of hydrogen-bond acceptors (Lipinski definition) is 3. The average Bonchev–Trinajstić information content (AvgIpc) is 3.06. The first-order chi connectivity index (χ1) is 20.7. The maximum Gasteiger partial charge on any atom is 0.251 e. The standard InChI is InChI=1S/C38H40N2O2/c41-37-32(22-25-40-23-20-29(21-24-40)28-10-4-1-5-11-28)16-17-33-26-34(18-19-35(33)37)38(42)39-27-36(30-12-6-2-7-13-30)31-14-8-3-9-15-31/h1-15,18-19,26,29,32,36H,16-17,20-25,27H2,(H,39,42). The van der Waals surface area contributed by atoms with Gasteiger partial charge in [0.15, 0.2) is 5.78 Å². The van der Waals surface area contributed by atoms with E-state index in [-0.39, 0.29) is 23.5 Å². The number of rotatable bonds is 9. The van der Waals surface area contributed by atoms with Crippen molar-refractivity contribution in [1.82, 2.24) is 10.2 Å². The molecule has 1 unspecified atom stereocenters. The normalized spacial score (nSPS) is 17.6. The summed E-state index contributed by atoms with van der Waals surface area (Å²) in [7, 11) is 0. The third-order valence-electron chi connectivity index (χ3n) is 9.29. The Labute approximate surface area is 249 Å². The van der Waals surface area contributed by atoms with Crippen molar-refractivity contribution in [3.8, 4) is 0 Å². The van der Waals surface area contributed by atoms with Crippen molar-refractivity contribution in [2.45, 2.75) is 43.9 Å². The van der Waals surface area contributed by atoms with Gasteiger partial charge in [0.25, 0.3) is 5.91 Å². The Bertz CT molecular complexity index is 1440. The number of nitrogens with one attached hydrogen (secondary N) is 1. The molecule has 1 saturated heterocycles. The number of benzene rings is 4. The summed E-state index contributed by atoms with van der Waals surface area (Å²) in [4.78, 5) is 29.2. The van der Waals surface area contributed by atoms with Crippen molar-refractivity contribution in [3.63, 3.8) is 0 Å². The molecular weight excluding hydrogens is 516 g/mol. The maximum atomic E-state index is 13.4. The molecule has 4 heteroatoms. The molecule has 0 spiro atoms. The minimum atomic E-state index is -0.0943. The highest BCUT2D eigenvalue weighted by Crippen LogP contribution is 2.31. The van der Waals surface area contributed by atoms with Gasteiger partial charge in [0.1, 0.15) is 0 Å². The van der Waals surface area contributed by atoms with Gasteiger partial charge in [-0.1, -0.05) is 97.1 Å². The Morgan fingerprint density at radius 3 is 2.05 bits per heavy atom. The van der Waals surface area contributed by atoms with Crippen LogP contribution in [0.3, 0.4) is 0 Å². The molecule has 4 aromatic rings. The van der Waals surface area contributed by atoms with E-state index in [9.17, 15) is 9.59 Å². The van der Waals surface area contributed by atoms with Gasteiger partial charge < -0.3 is 10.2 Å². The molecular formula is C38H40N2O2. The van der Waals surface area contributed by atoms with E-state index in [1.54, 1.807) is 0 Å². The molecule has 1 fully saturated rings. The summed E-state index contributed by atoms with van der Waals surface area (Å²) in [6, 6.07) is 37.1. The number of piperidine rings is 1. The van der Waals surface area contributed by atoms with Gasteiger partial charge in [-0.05, 0) is 92.0 Å². The molecule has 1 atom stereocenters. The highest BCUT2D eigenvalue weighted by atomic mass is 16.1. The number of aryl methyl sites for hydroxylation is 1. The molecule has 0 bridgehead atoms. The molecule has 1 N–H and O–H groups in total. The minimum absolute atomic E-state index is 0.0699. The van der Waals surface area contributed by atoms with Crippen LogP contribution in [0.4, 0.5) is 0 Å². The molecule has 0 aromatic heterocycles. The summed E-state index contributed by atoms with van der Waals surface area (Å²) in [6.07, 6.45) is 5.00. The van der Waals surface area contributed by atoms with Gasteiger partial charge in [0.2, 0.25) is 0 Å². The number of Topliss-reactive ketones (excluding diaryl/α,β-unsaturated/α-hetero) is 1. The van der Waals surface area contributed by atoms with Crippen LogP contribution in [0.15, 0.2) is 109 Å². The smallest absolute Gasteiger partial charge is 0.251 e. The molecule has 4 aromatic carbocycles. The lowest BCUT2D eigenvalue weighted by Gasteiger charge is -2.33. The number of carbonyl (C=O) groups is 2. The fourth-order valence-electron chi connectivity index (χ4n) is 6.79. The summed E-state index contributed by atoms with van der Waals surface area (Å²) < 4.78 is 0. The zero-order chi connectivity index (χ0) is 28.7. The summed E-state index contributed by atoms with van der Waals surface area (Å²) in [5.41, 5.74) is 6.24. The molecule has 1 heterocycles. The average molecular weight is 557 g/mol. The number of carbonyl (C=O) groups excluding carboxylic acids is 2. The molecule has 2 aliphatic rings. The fourth-order valence-corrected chi connectivity index (χ4v) is 6.79. The van der Waals surface area contributed by atoms with Crippen LogP contribution in [0.1, 0.15) is 80.5 Å². The minimum Gasteiger partial charge on any atom is -0.351 e. The first-order valence-electron chi connectivity index (χ1n) is 15.5. The van der Waals surface area contributed by atoms with Crippen molar-refractivity contribution in [1.29, 1.82) is 0 Å². The van der Waals surface area contributed by atoms with Gasteiger partial charge in [-0.15, -0.1) is 0 Å². The number of nitrogens with zero attached hydrogens (tertiary/aromatic N) is 1. The number of amides is 1. The Morgan fingerprint density at radius 1 is 0.786 bits per heavy atom. The number of ketones is 1. The summed E-state index contributed by atoms with van der Waals surface area (Å²) in [6.45, 7) is 3.70. The van der Waals surface area contributed by atoms with Gasteiger partial charge in [0, 0.05) is 29.5 Å². The summed E-state index contributed by atoms with van der Waals surface area (Å²) in [5.74, 6) is 0.945. The predicted octanol–water partition coefficient (Wildman–Crippen LogP) is 7.26. The monoisotopic (exact) mass is 556 g/mol. The topological polar surface area (TPSA) is 49.4 Å². The van der Waals surface area contributed by atoms with Crippen LogP contribution in [0, 0.1) is 5.92 Å². The number of fused-ring (bicyclic) bond motifs is 1. The Morgan fingerprint density at radius 2 is 1.40 bits per heavy atom. The highest BCUT2D eigenvalue weighted by molar-refractivity contribution is 6.02. The lowest BCUT2D eigenvalue weighted by atomic mass is 9.80. The molecule has 0 radical (unpaired) electrons. The predicted molar refractivity (Wildman–Crippen MR) is 169 cm³/mol. The first-order valence-corrected chi connectivity index (χ1v) is 15.5. The van der Waals surface area contributed by atoms with Gasteiger partial charge in [-0.3, -0.25) is 9.59 Å². The van der Waals surface area contributed by atoms with E-state index in [0.717, 1.165) is 50.0 Å². The van der Waals surface area contributed by atoms with E-state index >= 15 is 0 Å². The van der Waals surface area contributed by atoms with Crippen LogP contribution in [0.5, 0.6) is 0 Å². The number of hydrogen-bond donors (Lipinski definition) is 1. The second kappa shape index (κ2) is 13.3. The Balaban J connectivity index is 1.03. The van der Waals surface area contributed by atoms with Gasteiger partial charge >= 0.3 is 0 Å². The zero-order valence-electron chi connectivity index (χ0n) is 24.3. The molecule has 6 rings (SSSR count). The van der Waals surface area contributed by atoms with E-state index in [2.05, 4.69) is 64.8 Å². The van der Waals surface area contributed by atoms with E-state index in [4.69, 9.17) is 0 Å². The number of likely N-dealkylation sites (tertiary alicyclic amines) is 1. The second-order valence-corrected chi connectivity index (χ2v) is 11.9. The van der Waals surface area contributed by atoms with Crippen molar-refractivity contribution >= 4 is 11.7 Å². The molecule has 1 aliphatic carbocycles. The van der Waals surface area contributed by atoms with Crippen molar-refractivity contribution in [2.75, 3.05) is 26.2 Å². The third-order valence-corrected chi connectivity index (χ3v) is 9.29. The lowest BCUT2D eigenvalue weighted by molar-refractivity contribution is 0.0875. The van der Waals surface area contributed by atoms with Crippen LogP contribution < -0.4 is 5.32 Å². The SMILES string of the molecule is O=C(NCC(c1ccccc1)c1ccccc1)c1ccc2c(c1)CCC(CCN1CCC(c3ccccc3)CC1)C2=O. The fraction of sp³-hybridized carbons (Fsp3) is 0.316. The van der Waals surface area contributed by atoms with Crippen molar-refractivity contribution in [3.05, 3.63) is 143 Å². The van der Waals surface area contributed by atoms with Crippen LogP contribution in [0.2, 0.25) is 0 Å². The second-order valence-electron chi connectivity index (χ2n) is 11.9. The van der Waals surface area contributed by atoms with Gasteiger partial charge in [-0.25, -0.2) is 0 Å². The molecule has 0 saturated carbocycles. The largest absolute Gasteiger partial charge is 0.351 e. The van der Waals surface area contributed by atoms with Gasteiger partial charge in [0.05, 0.1) is 0 Å². The van der Waals surface area contributed by atoms with Crippen LogP contribution in [0.25, 0.3) is 0 Å². The lowest BCUT2D eigenvalue weighted by Crippen LogP contribution is -2.36. The Hall–Kier alpha value is -4.02. The molecule has 4 nitrogen and oxygen atoms in total. The van der Waals surface area contributed by atoms with Crippen molar-refractivity contribution < 1.29 is 9.59 Å². The molecule has 214 valence electrons. The maximum absolute atomic E-state index is 13.4. The zero-order valence-corrected chi connectivity index (χ0v) is 24.3. The molecule has 1 aliphatic heterocycles. The summed E-state index contributed by atoms with van der Waals surface area (Å²) in [5, 5.41) is 3.16. The quantitative estimate of drug-likeness (QED) is 0.236. The third kappa shape index (κ3) is 6.55. The van der Waals surface area contributed by atoms with Crippen LogP contribution >= 0.6 is 0 Å². The van der Waals surface area contributed by atoms with Gasteiger partial charge in [-0.2, -0.15) is 0 Å². The van der Waals surface area contributed by atoms with E-state index < -0.39 is 0 Å². The highest BCUT2D eigenvalue weighted by Gasteiger charge is 2.29. The van der Waals surface area contributed by atoms with E-state index in [1.165, 1.54) is 29.5 Å². The molecule has 1 amide bonds. The first kappa shape index (κ1) is 28.1. The van der Waals surface area contributed by atoms with Crippen LogP contribution in [-0.2, 0) is 6.42 Å². The van der Waals surface area contributed by atoms with E-state index in [0.29, 0.717) is 18.0 Å². The molecule has 42 heavy (non-hydrogen) atoms. The van der Waals surface area contributed by atoms with Crippen LogP contribution in [-0.4, -0.2) is 42.8 Å². The van der Waals surface area contributed by atoms with E-state index in [1.807, 2.05) is 54.6 Å².